The first kappa shape index (κ1) is 28.0. The van der Waals surface area contributed by atoms with Crippen LogP contribution >= 0.6 is 11.6 Å². The van der Waals surface area contributed by atoms with E-state index < -0.39 is 18.1 Å². The molecule has 0 unspecified atom stereocenters. The predicted molar refractivity (Wildman–Crippen MR) is 149 cm³/mol. The van der Waals surface area contributed by atoms with Crippen LogP contribution in [0.3, 0.4) is 0 Å². The van der Waals surface area contributed by atoms with Crippen LogP contribution in [0.5, 0.6) is 11.6 Å². The highest BCUT2D eigenvalue weighted by molar-refractivity contribution is 6.31. The number of methoxy groups -OCH3 is 1. The molecule has 4 rings (SSSR count). The van der Waals surface area contributed by atoms with Crippen LogP contribution in [0.15, 0.2) is 48.7 Å². The minimum absolute atomic E-state index is 0.0971. The summed E-state index contributed by atoms with van der Waals surface area (Å²) in [6.07, 6.45) is 1.26. The van der Waals surface area contributed by atoms with Crippen molar-refractivity contribution < 1.29 is 23.9 Å². The number of carbonyl (C=O) groups is 3. The summed E-state index contributed by atoms with van der Waals surface area (Å²) in [6.45, 7) is 5.75. The number of hydrogen-bond acceptors (Lipinski definition) is 7. The van der Waals surface area contributed by atoms with E-state index in [4.69, 9.17) is 26.8 Å². The zero-order chi connectivity index (χ0) is 28.3. The number of primary amides is 1. The van der Waals surface area contributed by atoms with Gasteiger partial charge < -0.3 is 30.7 Å². The van der Waals surface area contributed by atoms with Crippen LogP contribution < -0.4 is 25.8 Å². The van der Waals surface area contributed by atoms with Crippen molar-refractivity contribution in [2.45, 2.75) is 44.9 Å². The molecule has 10 nitrogen and oxygen atoms in total. The van der Waals surface area contributed by atoms with Gasteiger partial charge in [0.05, 0.1) is 26.4 Å². The molecule has 0 radical (unpaired) electrons. The molecule has 11 heteroatoms. The lowest BCUT2D eigenvalue weighted by Gasteiger charge is -2.22. The Morgan fingerprint density at radius 1 is 1.15 bits per heavy atom. The first-order chi connectivity index (χ1) is 18.4. The third kappa shape index (κ3) is 6.69. The molecule has 206 valence electrons. The number of likely N-dealkylation sites (tertiary alicyclic amines) is 1. The van der Waals surface area contributed by atoms with Crippen molar-refractivity contribution in [2.24, 2.45) is 5.73 Å². The standard InChI is InChI=1S/C28H32ClN5O5/c1-28(2,3)33-26(37)16-6-5-7-18(10-16)31-14-24(35)34-15-19(12-22(34)25(30)36)39-27-21-11-17(29)8-9-20(21)23(38-4)13-32-27/h5-11,13,19,22,31H,12,14-15H2,1-4H3,(H2,30,36)(H,33,37)/t19-,22+/m1/s1. The molecule has 1 fully saturated rings. The Morgan fingerprint density at radius 2 is 1.92 bits per heavy atom. The van der Waals surface area contributed by atoms with Gasteiger partial charge in [0.1, 0.15) is 17.9 Å². The molecule has 1 aromatic heterocycles. The van der Waals surface area contributed by atoms with Crippen molar-refractivity contribution in [3.63, 3.8) is 0 Å². The second-order valence-electron chi connectivity index (χ2n) is 10.4. The molecule has 1 aliphatic heterocycles. The average Bonchev–Trinajstić information content (AvgIpc) is 3.31. The highest BCUT2D eigenvalue weighted by Crippen LogP contribution is 2.34. The van der Waals surface area contributed by atoms with Crippen molar-refractivity contribution >= 4 is 45.8 Å². The number of nitrogens with zero attached hydrogens (tertiary/aromatic N) is 2. The summed E-state index contributed by atoms with van der Waals surface area (Å²) in [5, 5.41) is 7.88. The number of amides is 3. The summed E-state index contributed by atoms with van der Waals surface area (Å²) < 4.78 is 11.5. The summed E-state index contributed by atoms with van der Waals surface area (Å²) in [4.78, 5) is 43.7. The van der Waals surface area contributed by atoms with Gasteiger partial charge in [0.25, 0.3) is 5.91 Å². The SMILES string of the molecule is COc1cnc(O[C@@H]2C[C@@H](C(N)=O)N(C(=O)CNc3cccc(C(=O)NC(C)(C)C)c3)C2)c2cc(Cl)ccc12. The summed E-state index contributed by atoms with van der Waals surface area (Å²) in [5.41, 5.74) is 6.32. The lowest BCUT2D eigenvalue weighted by Crippen LogP contribution is -2.45. The van der Waals surface area contributed by atoms with E-state index in [2.05, 4.69) is 15.6 Å². The third-order valence-electron chi connectivity index (χ3n) is 6.24. The fraction of sp³-hybridized carbons (Fsp3) is 0.357. The number of halogens is 1. The molecule has 2 aromatic carbocycles. The van der Waals surface area contributed by atoms with Crippen molar-refractivity contribution in [3.05, 3.63) is 59.2 Å². The first-order valence-electron chi connectivity index (χ1n) is 12.5. The zero-order valence-electron chi connectivity index (χ0n) is 22.3. The van der Waals surface area contributed by atoms with E-state index in [0.29, 0.717) is 33.3 Å². The van der Waals surface area contributed by atoms with E-state index in [9.17, 15) is 14.4 Å². The predicted octanol–water partition coefficient (Wildman–Crippen LogP) is 3.37. The van der Waals surface area contributed by atoms with Gasteiger partial charge in [-0.2, -0.15) is 0 Å². The van der Waals surface area contributed by atoms with E-state index in [-0.39, 0.29) is 36.9 Å². The van der Waals surface area contributed by atoms with E-state index in [0.717, 1.165) is 5.39 Å². The Balaban J connectivity index is 1.45. The number of aromatic nitrogens is 1. The quantitative estimate of drug-likeness (QED) is 0.389. The molecule has 0 saturated carbocycles. The Bertz CT molecular complexity index is 1410. The molecule has 3 amide bonds. The van der Waals surface area contributed by atoms with Gasteiger partial charge in [-0.1, -0.05) is 17.7 Å². The molecule has 2 atom stereocenters. The highest BCUT2D eigenvalue weighted by Gasteiger charge is 2.40. The molecule has 0 bridgehead atoms. The van der Waals surface area contributed by atoms with E-state index in [1.807, 2.05) is 26.8 Å². The minimum Gasteiger partial charge on any atom is -0.494 e. The lowest BCUT2D eigenvalue weighted by molar-refractivity contribution is -0.135. The average molecular weight is 554 g/mol. The number of ether oxygens (including phenoxy) is 2. The summed E-state index contributed by atoms with van der Waals surface area (Å²) in [6, 6.07) is 11.3. The number of hydrogen-bond donors (Lipinski definition) is 3. The van der Waals surface area contributed by atoms with Gasteiger partial charge in [-0.25, -0.2) is 4.98 Å². The number of pyridine rings is 1. The van der Waals surface area contributed by atoms with Crippen LogP contribution in [0, 0.1) is 0 Å². The Morgan fingerprint density at radius 3 is 2.62 bits per heavy atom. The Labute approximate surface area is 231 Å². The van der Waals surface area contributed by atoms with Gasteiger partial charge in [-0.3, -0.25) is 14.4 Å². The lowest BCUT2D eigenvalue weighted by atomic mass is 10.1. The molecule has 4 N–H and O–H groups in total. The number of nitrogens with two attached hydrogens (primary N) is 1. The maximum absolute atomic E-state index is 13.1. The molecule has 1 saturated heterocycles. The molecular formula is C28H32ClN5O5. The van der Waals surface area contributed by atoms with Crippen molar-refractivity contribution in [1.82, 2.24) is 15.2 Å². The maximum Gasteiger partial charge on any atom is 0.251 e. The monoisotopic (exact) mass is 553 g/mol. The number of anilines is 1. The van der Waals surface area contributed by atoms with Gasteiger partial charge in [-0.15, -0.1) is 0 Å². The fourth-order valence-corrected chi connectivity index (χ4v) is 4.64. The van der Waals surface area contributed by atoms with Crippen LogP contribution in [-0.4, -0.2) is 65.5 Å². The molecule has 3 aromatic rings. The highest BCUT2D eigenvalue weighted by atomic mass is 35.5. The number of benzene rings is 2. The molecular weight excluding hydrogens is 522 g/mol. The number of fused-ring (bicyclic) bond motifs is 1. The number of nitrogens with one attached hydrogen (secondary N) is 2. The van der Waals surface area contributed by atoms with Crippen molar-refractivity contribution in [2.75, 3.05) is 25.5 Å². The van der Waals surface area contributed by atoms with Crippen molar-refractivity contribution in [3.8, 4) is 11.6 Å². The second-order valence-corrected chi connectivity index (χ2v) is 10.8. The summed E-state index contributed by atoms with van der Waals surface area (Å²) in [5.74, 6) is -0.278. The normalized spacial score (nSPS) is 17.1. The third-order valence-corrected chi connectivity index (χ3v) is 6.48. The van der Waals surface area contributed by atoms with Crippen LogP contribution in [0.4, 0.5) is 5.69 Å². The van der Waals surface area contributed by atoms with Crippen molar-refractivity contribution in [1.29, 1.82) is 0 Å². The van der Waals surface area contributed by atoms with E-state index in [1.165, 1.54) is 4.90 Å². The fourth-order valence-electron chi connectivity index (χ4n) is 4.47. The van der Waals surface area contributed by atoms with Gasteiger partial charge >= 0.3 is 0 Å². The number of rotatable bonds is 8. The van der Waals surface area contributed by atoms with E-state index in [1.54, 1.807) is 49.7 Å². The smallest absolute Gasteiger partial charge is 0.251 e. The van der Waals surface area contributed by atoms with Crippen LogP contribution in [0.25, 0.3) is 10.8 Å². The maximum atomic E-state index is 13.1. The molecule has 0 spiro atoms. The van der Waals surface area contributed by atoms with Gasteiger partial charge in [0.2, 0.25) is 17.7 Å². The Kier molecular flexibility index (Phi) is 8.15. The first-order valence-corrected chi connectivity index (χ1v) is 12.9. The summed E-state index contributed by atoms with van der Waals surface area (Å²) in [7, 11) is 1.55. The van der Waals surface area contributed by atoms with E-state index >= 15 is 0 Å². The molecule has 0 aliphatic carbocycles. The second kappa shape index (κ2) is 11.4. The Hall–Kier alpha value is -4.05. The zero-order valence-corrected chi connectivity index (χ0v) is 23.0. The van der Waals surface area contributed by atoms with Crippen LogP contribution in [0.2, 0.25) is 5.02 Å². The summed E-state index contributed by atoms with van der Waals surface area (Å²) >= 11 is 6.21. The van der Waals surface area contributed by atoms with Gasteiger partial charge in [0.15, 0.2) is 0 Å². The van der Waals surface area contributed by atoms with Gasteiger partial charge in [0, 0.05) is 39.0 Å². The van der Waals surface area contributed by atoms with Crippen LogP contribution in [0.1, 0.15) is 37.6 Å². The molecule has 1 aliphatic rings. The topological polar surface area (TPSA) is 136 Å². The minimum atomic E-state index is -0.832. The largest absolute Gasteiger partial charge is 0.494 e. The number of carbonyl (C=O) groups excluding carboxylic acids is 3. The van der Waals surface area contributed by atoms with Crippen LogP contribution in [-0.2, 0) is 9.59 Å². The molecule has 39 heavy (non-hydrogen) atoms. The molecule has 2 heterocycles. The van der Waals surface area contributed by atoms with Gasteiger partial charge in [-0.05, 0) is 57.2 Å².